The Kier molecular flexibility index (Phi) is 7.00. The summed E-state index contributed by atoms with van der Waals surface area (Å²) in [6.07, 6.45) is 2.76. The molecule has 0 aliphatic rings. The van der Waals surface area contributed by atoms with E-state index in [9.17, 15) is 0 Å². The van der Waals surface area contributed by atoms with Gasteiger partial charge in [0.05, 0.1) is 0 Å². The molecule has 2 nitrogen and oxygen atoms in total. The first-order valence-corrected chi connectivity index (χ1v) is 8.59. The third-order valence-electron chi connectivity index (χ3n) is 3.84. The Bertz CT molecular complexity index is 707. The quantitative estimate of drug-likeness (QED) is 0.606. The summed E-state index contributed by atoms with van der Waals surface area (Å²) in [4.78, 5) is 4.17. The van der Waals surface area contributed by atoms with Crippen molar-refractivity contribution in [3.05, 3.63) is 59.7 Å². The number of rotatable bonds is 4. The largest absolute Gasteiger partial charge is 0.378 e. The fourth-order valence-electron chi connectivity index (χ4n) is 2.28. The molecule has 0 radical (unpaired) electrons. The second-order valence-corrected chi connectivity index (χ2v) is 6.34. The number of benzene rings is 2. The van der Waals surface area contributed by atoms with E-state index >= 15 is 0 Å². The topological polar surface area (TPSA) is 6.48 Å². The van der Waals surface area contributed by atoms with E-state index in [-0.39, 0.29) is 0 Å². The molecule has 0 aromatic heterocycles. The molecule has 0 heterocycles. The van der Waals surface area contributed by atoms with E-state index in [2.05, 4.69) is 82.0 Å². The molecule has 0 atom stereocenters. The zero-order chi connectivity index (χ0) is 18.1. The highest BCUT2D eigenvalue weighted by molar-refractivity contribution is 5.50. The summed E-state index contributed by atoms with van der Waals surface area (Å²) in [6, 6.07) is 16.7. The number of nitrogens with zero attached hydrogens (tertiary/aromatic N) is 2. The van der Waals surface area contributed by atoms with Crippen LogP contribution < -0.4 is 9.80 Å². The van der Waals surface area contributed by atoms with E-state index in [1.54, 1.807) is 0 Å². The van der Waals surface area contributed by atoms with Crippen molar-refractivity contribution in [1.29, 1.82) is 0 Å². The van der Waals surface area contributed by atoms with Gasteiger partial charge in [-0.25, -0.2) is 0 Å². The minimum absolute atomic E-state index is 0.879. The van der Waals surface area contributed by atoms with Gasteiger partial charge in [-0.05, 0) is 55.0 Å². The van der Waals surface area contributed by atoms with Gasteiger partial charge in [0.2, 0.25) is 0 Å². The molecule has 2 rings (SSSR count). The predicted molar refractivity (Wildman–Crippen MR) is 109 cm³/mol. The Balaban J connectivity index is 1.75. The maximum absolute atomic E-state index is 3.23. The van der Waals surface area contributed by atoms with Crippen LogP contribution in [0.1, 0.15) is 30.4 Å². The first kappa shape index (κ1) is 18.5. The summed E-state index contributed by atoms with van der Waals surface area (Å²) >= 11 is 0. The summed E-state index contributed by atoms with van der Waals surface area (Å²) in [5.74, 6) is 12.9. The summed E-state index contributed by atoms with van der Waals surface area (Å²) in [7, 11) is 8.16. The van der Waals surface area contributed by atoms with E-state index in [1.807, 2.05) is 28.2 Å². The molecule has 0 spiro atoms. The zero-order valence-electron chi connectivity index (χ0n) is 15.6. The average Bonchev–Trinajstić information content (AvgIpc) is 2.61. The number of unbranched alkanes of at least 4 members (excludes halogenated alkanes) is 2. The molecule has 0 unspecified atom stereocenters. The number of hydrogen-bond acceptors (Lipinski definition) is 2. The zero-order valence-corrected chi connectivity index (χ0v) is 15.6. The summed E-state index contributed by atoms with van der Waals surface area (Å²) in [5.41, 5.74) is 4.52. The van der Waals surface area contributed by atoms with Crippen molar-refractivity contribution in [2.24, 2.45) is 0 Å². The molecule has 0 aliphatic carbocycles. The lowest BCUT2D eigenvalue weighted by atomic mass is 10.1. The van der Waals surface area contributed by atoms with Crippen LogP contribution in [0, 0.1) is 23.7 Å². The molecule has 2 aromatic carbocycles. The first-order chi connectivity index (χ1) is 12.1. The Morgan fingerprint density at radius 2 is 0.960 bits per heavy atom. The van der Waals surface area contributed by atoms with Crippen LogP contribution in [-0.4, -0.2) is 28.2 Å². The van der Waals surface area contributed by atoms with Crippen LogP contribution in [0.25, 0.3) is 0 Å². The van der Waals surface area contributed by atoms with E-state index in [4.69, 9.17) is 0 Å². The molecule has 0 aliphatic heterocycles. The van der Waals surface area contributed by atoms with Crippen LogP contribution in [0.4, 0.5) is 11.4 Å². The van der Waals surface area contributed by atoms with Gasteiger partial charge in [0.15, 0.2) is 0 Å². The Morgan fingerprint density at radius 3 is 1.28 bits per heavy atom. The molecule has 0 N–H and O–H groups in total. The summed E-state index contributed by atoms with van der Waals surface area (Å²) in [5, 5.41) is 0. The van der Waals surface area contributed by atoms with Gasteiger partial charge in [-0.3, -0.25) is 0 Å². The molecule has 128 valence electrons. The van der Waals surface area contributed by atoms with Gasteiger partial charge < -0.3 is 9.80 Å². The molecule has 0 saturated carbocycles. The van der Waals surface area contributed by atoms with Crippen LogP contribution in [0.3, 0.4) is 0 Å². The summed E-state index contributed by atoms with van der Waals surface area (Å²) < 4.78 is 0. The lowest BCUT2D eigenvalue weighted by Crippen LogP contribution is -2.07. The van der Waals surface area contributed by atoms with E-state index in [0.29, 0.717) is 0 Å². The second-order valence-electron chi connectivity index (χ2n) is 6.34. The Hall–Kier alpha value is -2.84. The lowest BCUT2D eigenvalue weighted by Gasteiger charge is -2.11. The third kappa shape index (κ3) is 6.28. The predicted octanol–water partition coefficient (Wildman–Crippen LogP) is 4.39. The van der Waals surface area contributed by atoms with E-state index in [0.717, 1.165) is 30.4 Å². The molecule has 2 heteroatoms. The second kappa shape index (κ2) is 9.45. The van der Waals surface area contributed by atoms with Crippen molar-refractivity contribution in [3.8, 4) is 23.7 Å². The first-order valence-electron chi connectivity index (χ1n) is 8.59. The average molecular weight is 330 g/mol. The third-order valence-corrected chi connectivity index (χ3v) is 3.84. The smallest absolute Gasteiger partial charge is 0.0361 e. The van der Waals surface area contributed by atoms with Gasteiger partial charge >= 0.3 is 0 Å². The fourth-order valence-corrected chi connectivity index (χ4v) is 2.28. The van der Waals surface area contributed by atoms with Gasteiger partial charge in [-0.2, -0.15) is 0 Å². The molecule has 0 bridgehead atoms. The lowest BCUT2D eigenvalue weighted by molar-refractivity contribution is 0.903. The SMILES string of the molecule is CN(C)c1ccc(C#CCCCC#Cc2ccc(N(C)C)cc2)cc1. The van der Waals surface area contributed by atoms with Crippen molar-refractivity contribution in [2.45, 2.75) is 19.3 Å². The van der Waals surface area contributed by atoms with Crippen molar-refractivity contribution in [1.82, 2.24) is 0 Å². The van der Waals surface area contributed by atoms with Gasteiger partial charge in [0.25, 0.3) is 0 Å². The molecule has 25 heavy (non-hydrogen) atoms. The highest BCUT2D eigenvalue weighted by Crippen LogP contribution is 2.12. The summed E-state index contributed by atoms with van der Waals surface area (Å²) in [6.45, 7) is 0. The van der Waals surface area contributed by atoms with Crippen LogP contribution in [0.15, 0.2) is 48.5 Å². The monoisotopic (exact) mass is 330 g/mol. The molecule has 0 saturated heterocycles. The van der Waals surface area contributed by atoms with Crippen LogP contribution in [-0.2, 0) is 0 Å². The Labute approximate surface area is 152 Å². The minimum atomic E-state index is 0.879. The Morgan fingerprint density at radius 1 is 0.600 bits per heavy atom. The van der Waals surface area contributed by atoms with Gasteiger partial charge in [0, 0.05) is 63.5 Å². The van der Waals surface area contributed by atoms with Gasteiger partial charge in [-0.15, -0.1) is 0 Å². The van der Waals surface area contributed by atoms with E-state index < -0.39 is 0 Å². The van der Waals surface area contributed by atoms with Crippen molar-refractivity contribution < 1.29 is 0 Å². The van der Waals surface area contributed by atoms with Crippen molar-refractivity contribution >= 4 is 11.4 Å². The maximum Gasteiger partial charge on any atom is 0.0361 e. The highest BCUT2D eigenvalue weighted by Gasteiger charge is 1.94. The number of anilines is 2. The van der Waals surface area contributed by atoms with Crippen molar-refractivity contribution in [2.75, 3.05) is 38.0 Å². The van der Waals surface area contributed by atoms with Gasteiger partial charge in [-0.1, -0.05) is 23.7 Å². The minimum Gasteiger partial charge on any atom is -0.378 e. The van der Waals surface area contributed by atoms with Gasteiger partial charge in [0.1, 0.15) is 0 Å². The normalized spacial score (nSPS) is 9.44. The number of hydrogen-bond donors (Lipinski definition) is 0. The standard InChI is InChI=1S/C23H26N2/c1-24(2)22-16-12-20(13-17-22)10-8-6-5-7-9-11-21-14-18-23(19-15-21)25(3)4/h12-19H,5-7H2,1-4H3. The van der Waals surface area contributed by atoms with Crippen molar-refractivity contribution in [3.63, 3.8) is 0 Å². The van der Waals surface area contributed by atoms with Crippen LogP contribution >= 0.6 is 0 Å². The fraction of sp³-hybridized carbons (Fsp3) is 0.304. The molecular formula is C23H26N2. The molecule has 0 fully saturated rings. The molecule has 0 amide bonds. The van der Waals surface area contributed by atoms with Crippen LogP contribution in [0.5, 0.6) is 0 Å². The molecular weight excluding hydrogens is 304 g/mol. The van der Waals surface area contributed by atoms with E-state index in [1.165, 1.54) is 11.4 Å². The maximum atomic E-state index is 3.23. The highest BCUT2D eigenvalue weighted by atomic mass is 15.1. The molecule has 2 aromatic rings. The van der Waals surface area contributed by atoms with Crippen LogP contribution in [0.2, 0.25) is 0 Å².